The third-order valence-electron chi connectivity index (χ3n) is 4.60. The summed E-state index contributed by atoms with van der Waals surface area (Å²) in [6.07, 6.45) is 9.79. The van der Waals surface area contributed by atoms with Crippen LogP contribution in [0, 0.1) is 0 Å². The molecule has 2 nitrogen and oxygen atoms in total. The summed E-state index contributed by atoms with van der Waals surface area (Å²) in [5.41, 5.74) is 2.48. The molecule has 0 N–H and O–H groups in total. The fourth-order valence-electron chi connectivity index (χ4n) is 2.95. The highest BCUT2D eigenvalue weighted by Crippen LogP contribution is 2.38. The number of hydrogen-bond donors (Lipinski definition) is 0. The molecule has 0 aliphatic carbocycles. The van der Waals surface area contributed by atoms with Crippen molar-refractivity contribution in [2.24, 2.45) is 0 Å². The first-order chi connectivity index (χ1) is 13.3. The topological polar surface area (TPSA) is 18.5 Å². The Morgan fingerprint density at radius 1 is 0.593 bits per heavy atom. The van der Waals surface area contributed by atoms with Crippen molar-refractivity contribution >= 4 is 13.7 Å². The predicted molar refractivity (Wildman–Crippen MR) is 119 cm³/mol. The predicted octanol–water partition coefficient (Wildman–Crippen LogP) is 7.48. The number of benzene rings is 2. The third-order valence-corrected chi connectivity index (χ3v) is 6.15. The van der Waals surface area contributed by atoms with Gasteiger partial charge >= 0.3 is 0 Å². The quantitative estimate of drug-likeness (QED) is 0.247. The molecule has 3 heteroatoms. The van der Waals surface area contributed by atoms with Gasteiger partial charge in [0.25, 0.3) is 0 Å². The minimum absolute atomic E-state index is 0.793. The normalized spacial score (nSPS) is 11.2. The van der Waals surface area contributed by atoms with Crippen molar-refractivity contribution in [1.82, 2.24) is 0 Å². The van der Waals surface area contributed by atoms with Gasteiger partial charge in [0.1, 0.15) is 0 Å². The molecule has 0 aromatic heterocycles. The molecule has 27 heavy (non-hydrogen) atoms. The molecule has 0 saturated heterocycles. The van der Waals surface area contributed by atoms with Gasteiger partial charge in [0.05, 0.1) is 13.2 Å². The van der Waals surface area contributed by atoms with Gasteiger partial charge in [-0.2, -0.15) is 0 Å². The summed E-state index contributed by atoms with van der Waals surface area (Å²) in [7, 11) is -0.979. The van der Waals surface area contributed by atoms with Crippen molar-refractivity contribution in [2.75, 3.05) is 13.2 Å². The van der Waals surface area contributed by atoms with E-state index in [0.717, 1.165) is 26.1 Å². The second-order valence-electron chi connectivity index (χ2n) is 6.96. The molecule has 0 unspecified atom stereocenters. The molecular weight excluding hydrogens is 351 g/mol. The summed E-state index contributed by atoms with van der Waals surface area (Å²) in [5.74, 6) is 0. The van der Waals surface area contributed by atoms with Crippen molar-refractivity contribution in [3.05, 3.63) is 54.6 Å². The van der Waals surface area contributed by atoms with E-state index < -0.39 is 8.38 Å². The lowest BCUT2D eigenvalue weighted by Crippen LogP contribution is -2.07. The lowest BCUT2D eigenvalue weighted by atomic mass is 10.1. The summed E-state index contributed by atoms with van der Waals surface area (Å²) in [4.78, 5) is 0. The number of hydrogen-bond acceptors (Lipinski definition) is 2. The molecule has 148 valence electrons. The van der Waals surface area contributed by atoms with E-state index in [1.165, 1.54) is 55.0 Å². The molecule has 2 aromatic carbocycles. The zero-order chi connectivity index (χ0) is 19.2. The van der Waals surface area contributed by atoms with Crippen molar-refractivity contribution in [2.45, 2.75) is 65.2 Å². The van der Waals surface area contributed by atoms with Crippen molar-refractivity contribution in [3.8, 4) is 11.1 Å². The third kappa shape index (κ3) is 8.56. The lowest BCUT2D eigenvalue weighted by Gasteiger charge is -2.18. The first kappa shape index (κ1) is 22.1. The highest BCUT2D eigenvalue weighted by molar-refractivity contribution is 7.56. The summed E-state index contributed by atoms with van der Waals surface area (Å²) in [6, 6.07) is 19.2. The molecule has 0 aliphatic heterocycles. The molecule has 0 atom stereocenters. The summed E-state index contributed by atoms with van der Waals surface area (Å²) < 4.78 is 12.3. The van der Waals surface area contributed by atoms with E-state index in [0.29, 0.717) is 0 Å². The van der Waals surface area contributed by atoms with Gasteiger partial charge in [-0.25, -0.2) is 0 Å². The fraction of sp³-hybridized carbons (Fsp3) is 0.500. The monoisotopic (exact) mass is 386 g/mol. The van der Waals surface area contributed by atoms with Gasteiger partial charge in [0, 0.05) is 5.30 Å². The SMILES string of the molecule is CCCCCCOP(OCCCCCC)c1ccc(-c2ccccc2)cc1. The van der Waals surface area contributed by atoms with Gasteiger partial charge in [-0.3, -0.25) is 0 Å². The Morgan fingerprint density at radius 2 is 1.11 bits per heavy atom. The molecule has 0 amide bonds. The molecule has 2 aromatic rings. The van der Waals surface area contributed by atoms with E-state index >= 15 is 0 Å². The molecular formula is C24H35O2P. The highest BCUT2D eigenvalue weighted by Gasteiger charge is 2.14. The summed E-state index contributed by atoms with van der Waals surface area (Å²) in [5, 5.41) is 1.18. The second-order valence-corrected chi connectivity index (χ2v) is 8.50. The lowest BCUT2D eigenvalue weighted by molar-refractivity contribution is 0.247. The van der Waals surface area contributed by atoms with E-state index in [9.17, 15) is 0 Å². The summed E-state index contributed by atoms with van der Waals surface area (Å²) >= 11 is 0. The van der Waals surface area contributed by atoms with Crippen molar-refractivity contribution < 1.29 is 9.05 Å². The minimum Gasteiger partial charge on any atom is -0.331 e. The highest BCUT2D eigenvalue weighted by atomic mass is 31.2. The molecule has 0 heterocycles. The Kier molecular flexibility index (Phi) is 11.4. The Morgan fingerprint density at radius 3 is 1.63 bits per heavy atom. The standard InChI is InChI=1S/C24H35O2P/c1-3-5-7-12-20-25-27(26-21-13-8-6-4-2)24-18-16-23(17-19-24)22-14-10-9-11-15-22/h9-11,14-19H,3-8,12-13,20-21H2,1-2H3. The van der Waals surface area contributed by atoms with Crippen LogP contribution < -0.4 is 5.30 Å². The van der Waals surface area contributed by atoms with Crippen LogP contribution in [0.4, 0.5) is 0 Å². The fourth-order valence-corrected chi connectivity index (χ4v) is 4.30. The van der Waals surface area contributed by atoms with Crippen LogP contribution in [-0.2, 0) is 9.05 Å². The zero-order valence-corrected chi connectivity index (χ0v) is 17.9. The van der Waals surface area contributed by atoms with Crippen LogP contribution in [0.3, 0.4) is 0 Å². The molecule has 2 rings (SSSR count). The smallest absolute Gasteiger partial charge is 0.205 e. The molecule has 0 spiro atoms. The van der Waals surface area contributed by atoms with Crippen LogP contribution >= 0.6 is 8.38 Å². The number of rotatable bonds is 14. The average molecular weight is 387 g/mol. The van der Waals surface area contributed by atoms with Crippen LogP contribution in [0.25, 0.3) is 11.1 Å². The second kappa shape index (κ2) is 13.9. The largest absolute Gasteiger partial charge is 0.331 e. The Hall–Kier alpha value is -1.21. The maximum absolute atomic E-state index is 6.17. The van der Waals surface area contributed by atoms with Crippen LogP contribution in [0.5, 0.6) is 0 Å². The van der Waals surface area contributed by atoms with E-state index in [1.54, 1.807) is 0 Å². The molecule has 0 saturated carbocycles. The Labute approximate surface area is 167 Å². The summed E-state index contributed by atoms with van der Waals surface area (Å²) in [6.45, 7) is 6.06. The molecule has 0 aliphatic rings. The van der Waals surface area contributed by atoms with E-state index in [1.807, 2.05) is 0 Å². The first-order valence-corrected chi connectivity index (χ1v) is 11.7. The van der Waals surface area contributed by atoms with Crippen LogP contribution in [-0.4, -0.2) is 13.2 Å². The maximum atomic E-state index is 6.17. The first-order valence-electron chi connectivity index (χ1n) is 10.6. The van der Waals surface area contributed by atoms with E-state index in [4.69, 9.17) is 9.05 Å². The van der Waals surface area contributed by atoms with Gasteiger partial charge in [-0.15, -0.1) is 0 Å². The van der Waals surface area contributed by atoms with Gasteiger partial charge in [0.15, 0.2) is 0 Å². The Bertz CT molecular complexity index is 584. The van der Waals surface area contributed by atoms with Gasteiger partial charge in [-0.1, -0.05) is 94.8 Å². The van der Waals surface area contributed by atoms with E-state index in [2.05, 4.69) is 68.4 Å². The van der Waals surface area contributed by atoms with Gasteiger partial charge < -0.3 is 9.05 Å². The van der Waals surface area contributed by atoms with Crippen molar-refractivity contribution in [1.29, 1.82) is 0 Å². The van der Waals surface area contributed by atoms with Crippen LogP contribution in [0.1, 0.15) is 65.2 Å². The average Bonchev–Trinajstić information content (AvgIpc) is 2.73. The van der Waals surface area contributed by atoms with E-state index in [-0.39, 0.29) is 0 Å². The van der Waals surface area contributed by atoms with Crippen LogP contribution in [0.15, 0.2) is 54.6 Å². The van der Waals surface area contributed by atoms with Crippen molar-refractivity contribution in [3.63, 3.8) is 0 Å². The molecule has 0 bridgehead atoms. The zero-order valence-electron chi connectivity index (χ0n) is 17.0. The van der Waals surface area contributed by atoms with Crippen LogP contribution in [0.2, 0.25) is 0 Å². The molecule has 0 fully saturated rings. The van der Waals surface area contributed by atoms with Gasteiger partial charge in [-0.05, 0) is 36.1 Å². The minimum atomic E-state index is -0.979. The number of unbranched alkanes of at least 4 members (excludes halogenated alkanes) is 6. The Balaban J connectivity index is 1.93. The maximum Gasteiger partial charge on any atom is 0.205 e. The molecule has 0 radical (unpaired) electrons. The van der Waals surface area contributed by atoms with Gasteiger partial charge in [0.2, 0.25) is 8.38 Å².